The number of pyridine rings is 1. The Bertz CT molecular complexity index is 781. The lowest BCUT2D eigenvalue weighted by atomic mass is 9.82. The van der Waals surface area contributed by atoms with E-state index >= 15 is 0 Å². The highest BCUT2D eigenvalue weighted by Gasteiger charge is 2.52. The number of aromatic nitrogens is 1. The molecule has 0 aliphatic carbocycles. The summed E-state index contributed by atoms with van der Waals surface area (Å²) in [7, 11) is 0. The molecular weight excluding hydrogens is 342 g/mol. The molecule has 0 radical (unpaired) electrons. The van der Waals surface area contributed by atoms with Crippen LogP contribution in [0.1, 0.15) is 70.4 Å². The number of likely N-dealkylation sites (tertiary alicyclic amines) is 1. The first-order valence-electron chi connectivity index (χ1n) is 9.51. The molecule has 27 heavy (non-hydrogen) atoms. The fourth-order valence-corrected chi connectivity index (χ4v) is 3.84. The average Bonchev–Trinajstić information content (AvgIpc) is 2.88. The standard InChI is InChI=1S/C21H29N3O3/c1-14-11-15-16(23-12-14)21(26-17(15)20(5,6)13-22)7-9-24(10-8-21)18(25)27-19(2,3)4/h11-12,17H,7-10H2,1-6H3/t17-/m0/s1. The maximum Gasteiger partial charge on any atom is 0.410 e. The number of carbonyl (C=O) groups is 1. The summed E-state index contributed by atoms with van der Waals surface area (Å²) in [5.74, 6) is 0. The molecule has 0 saturated carbocycles. The Morgan fingerprint density at radius 2 is 1.96 bits per heavy atom. The van der Waals surface area contributed by atoms with Gasteiger partial charge in [0.15, 0.2) is 0 Å². The zero-order valence-corrected chi connectivity index (χ0v) is 17.1. The second kappa shape index (κ2) is 6.49. The number of ether oxygens (including phenoxy) is 2. The van der Waals surface area contributed by atoms with Crippen LogP contribution < -0.4 is 0 Å². The highest BCUT2D eigenvalue weighted by molar-refractivity contribution is 5.68. The van der Waals surface area contributed by atoms with Gasteiger partial charge < -0.3 is 14.4 Å². The zero-order chi connectivity index (χ0) is 20.0. The third-order valence-corrected chi connectivity index (χ3v) is 5.28. The fourth-order valence-electron chi connectivity index (χ4n) is 3.84. The monoisotopic (exact) mass is 371 g/mol. The molecule has 1 amide bonds. The van der Waals surface area contributed by atoms with E-state index in [1.54, 1.807) is 4.90 Å². The molecule has 3 heterocycles. The summed E-state index contributed by atoms with van der Waals surface area (Å²) in [6, 6.07) is 4.47. The van der Waals surface area contributed by atoms with Gasteiger partial charge in [-0.25, -0.2) is 4.79 Å². The first-order valence-corrected chi connectivity index (χ1v) is 9.51. The number of rotatable bonds is 1. The van der Waals surface area contributed by atoms with Crippen LogP contribution in [-0.4, -0.2) is 34.7 Å². The number of piperidine rings is 1. The second-order valence-electron chi connectivity index (χ2n) is 9.24. The summed E-state index contributed by atoms with van der Waals surface area (Å²) in [5, 5.41) is 9.64. The van der Waals surface area contributed by atoms with Gasteiger partial charge in [0.2, 0.25) is 0 Å². The Labute approximate surface area is 161 Å². The van der Waals surface area contributed by atoms with Gasteiger partial charge in [-0.3, -0.25) is 4.98 Å². The Morgan fingerprint density at radius 1 is 1.33 bits per heavy atom. The first-order chi connectivity index (χ1) is 12.5. The van der Waals surface area contributed by atoms with Crippen molar-refractivity contribution in [3.8, 4) is 6.07 Å². The van der Waals surface area contributed by atoms with Crippen molar-refractivity contribution in [2.24, 2.45) is 5.41 Å². The average molecular weight is 371 g/mol. The summed E-state index contributed by atoms with van der Waals surface area (Å²) in [6.45, 7) is 12.5. The zero-order valence-electron chi connectivity index (χ0n) is 17.1. The molecule has 6 heteroatoms. The summed E-state index contributed by atoms with van der Waals surface area (Å²) in [4.78, 5) is 18.8. The molecule has 0 bridgehead atoms. The van der Waals surface area contributed by atoms with Crippen LogP contribution in [0.3, 0.4) is 0 Å². The van der Waals surface area contributed by atoms with Gasteiger partial charge in [0.25, 0.3) is 0 Å². The lowest BCUT2D eigenvalue weighted by Gasteiger charge is -2.40. The van der Waals surface area contributed by atoms with Crippen molar-refractivity contribution in [3.05, 3.63) is 29.1 Å². The SMILES string of the molecule is Cc1cnc2c(c1)[C@@H](C(C)(C)C#N)OC21CCN(C(=O)OC(C)(C)C)CC1. The van der Waals surface area contributed by atoms with Crippen molar-refractivity contribution in [2.45, 2.75) is 71.7 Å². The van der Waals surface area contributed by atoms with Crippen LogP contribution in [0.25, 0.3) is 0 Å². The van der Waals surface area contributed by atoms with Crippen LogP contribution >= 0.6 is 0 Å². The normalized spacial score (nSPS) is 21.7. The molecule has 3 rings (SSSR count). The Balaban J connectivity index is 1.85. The topological polar surface area (TPSA) is 75.5 Å². The van der Waals surface area contributed by atoms with Crippen molar-refractivity contribution in [1.82, 2.24) is 9.88 Å². The predicted molar refractivity (Wildman–Crippen MR) is 101 cm³/mol. The van der Waals surface area contributed by atoms with Gasteiger partial charge in [-0.2, -0.15) is 5.26 Å². The number of nitriles is 1. The maximum atomic E-state index is 12.4. The molecule has 0 N–H and O–H groups in total. The van der Waals surface area contributed by atoms with Gasteiger partial charge in [-0.1, -0.05) is 0 Å². The molecule has 1 atom stereocenters. The molecule has 146 valence electrons. The molecule has 1 aromatic rings. The highest BCUT2D eigenvalue weighted by atomic mass is 16.6. The number of fused-ring (bicyclic) bond motifs is 2. The number of carbonyl (C=O) groups excluding carboxylic acids is 1. The largest absolute Gasteiger partial charge is 0.444 e. The molecule has 1 spiro atoms. The first kappa shape index (κ1) is 19.6. The Morgan fingerprint density at radius 3 is 2.52 bits per heavy atom. The number of hydrogen-bond acceptors (Lipinski definition) is 5. The highest BCUT2D eigenvalue weighted by Crippen LogP contribution is 2.53. The molecule has 2 aliphatic rings. The van der Waals surface area contributed by atoms with Crippen LogP contribution in [0.4, 0.5) is 4.79 Å². The van der Waals surface area contributed by atoms with E-state index in [2.05, 4.69) is 12.1 Å². The van der Waals surface area contributed by atoms with E-state index in [9.17, 15) is 10.1 Å². The van der Waals surface area contributed by atoms with E-state index in [-0.39, 0.29) is 12.2 Å². The van der Waals surface area contributed by atoms with Gasteiger partial charge in [0.1, 0.15) is 17.3 Å². The summed E-state index contributed by atoms with van der Waals surface area (Å²) in [6.07, 6.45) is 2.53. The van der Waals surface area contributed by atoms with Crippen molar-refractivity contribution < 1.29 is 14.3 Å². The predicted octanol–water partition coefficient (Wildman–Crippen LogP) is 4.24. The number of hydrogen-bond donors (Lipinski definition) is 0. The lowest BCUT2D eigenvalue weighted by Crippen LogP contribution is -2.47. The summed E-state index contributed by atoms with van der Waals surface area (Å²) < 4.78 is 12.0. The van der Waals surface area contributed by atoms with Crippen molar-refractivity contribution in [1.29, 1.82) is 5.26 Å². The van der Waals surface area contributed by atoms with E-state index in [1.807, 2.05) is 47.7 Å². The molecule has 1 aromatic heterocycles. The fraction of sp³-hybridized carbons (Fsp3) is 0.667. The Hall–Kier alpha value is -2.13. The van der Waals surface area contributed by atoms with Crippen molar-refractivity contribution >= 4 is 6.09 Å². The molecule has 6 nitrogen and oxygen atoms in total. The minimum atomic E-state index is -0.657. The van der Waals surface area contributed by atoms with Crippen LogP contribution in [0.2, 0.25) is 0 Å². The minimum Gasteiger partial charge on any atom is -0.444 e. The molecule has 0 aromatic carbocycles. The number of aryl methyl sites for hydroxylation is 1. The van der Waals surface area contributed by atoms with Gasteiger partial charge in [0.05, 0.1) is 17.2 Å². The summed E-state index contributed by atoms with van der Waals surface area (Å²) >= 11 is 0. The van der Waals surface area contributed by atoms with Gasteiger partial charge in [-0.05, 0) is 66.0 Å². The van der Waals surface area contributed by atoms with Gasteiger partial charge >= 0.3 is 6.09 Å². The molecular formula is C21H29N3O3. The second-order valence-corrected chi connectivity index (χ2v) is 9.24. The Kier molecular flexibility index (Phi) is 4.72. The van der Waals surface area contributed by atoms with Crippen LogP contribution in [0.5, 0.6) is 0 Å². The van der Waals surface area contributed by atoms with Crippen LogP contribution in [0.15, 0.2) is 12.3 Å². The van der Waals surface area contributed by atoms with E-state index in [0.29, 0.717) is 25.9 Å². The van der Waals surface area contributed by atoms with Crippen molar-refractivity contribution in [2.75, 3.05) is 13.1 Å². The van der Waals surface area contributed by atoms with E-state index in [1.165, 1.54) is 0 Å². The van der Waals surface area contributed by atoms with Crippen LogP contribution in [-0.2, 0) is 15.1 Å². The van der Waals surface area contributed by atoms with Crippen molar-refractivity contribution in [3.63, 3.8) is 0 Å². The third-order valence-electron chi connectivity index (χ3n) is 5.28. The smallest absolute Gasteiger partial charge is 0.410 e. The third kappa shape index (κ3) is 3.66. The maximum absolute atomic E-state index is 12.4. The van der Waals surface area contributed by atoms with Crippen LogP contribution in [0, 0.1) is 23.7 Å². The molecule has 1 saturated heterocycles. The lowest BCUT2D eigenvalue weighted by molar-refractivity contribution is -0.134. The van der Waals surface area contributed by atoms with Gasteiger partial charge in [-0.15, -0.1) is 0 Å². The molecule has 1 fully saturated rings. The number of nitrogens with zero attached hydrogens (tertiary/aromatic N) is 3. The van der Waals surface area contributed by atoms with E-state index < -0.39 is 16.6 Å². The summed E-state index contributed by atoms with van der Waals surface area (Å²) in [5.41, 5.74) is 1.27. The molecule has 2 aliphatic heterocycles. The number of amides is 1. The van der Waals surface area contributed by atoms with E-state index in [0.717, 1.165) is 16.8 Å². The van der Waals surface area contributed by atoms with E-state index in [4.69, 9.17) is 14.5 Å². The molecule has 0 unspecified atom stereocenters. The van der Waals surface area contributed by atoms with Gasteiger partial charge in [0, 0.05) is 24.8 Å². The quantitative estimate of drug-likeness (QED) is 0.738. The minimum absolute atomic E-state index is 0.290.